The molecule has 3 aromatic rings. The number of aromatic hydroxyl groups is 2. The van der Waals surface area contributed by atoms with Crippen molar-refractivity contribution in [1.82, 2.24) is 9.38 Å². The molecule has 0 unspecified atom stereocenters. The van der Waals surface area contributed by atoms with Crippen molar-refractivity contribution < 1.29 is 10.2 Å². The number of phenolic OH excluding ortho intramolecular Hbond substituents is 1. The van der Waals surface area contributed by atoms with Gasteiger partial charge in [0, 0.05) is 12.3 Å². The Bertz CT molecular complexity index is 737. The molecule has 0 aliphatic carbocycles. The predicted octanol–water partition coefficient (Wildman–Crippen LogP) is 3.07. The minimum absolute atomic E-state index is 0.119. The quantitative estimate of drug-likeness (QED) is 0.707. The Kier molecular flexibility index (Phi) is 2.38. The molecule has 90 valence electrons. The van der Waals surface area contributed by atoms with E-state index in [9.17, 15) is 10.2 Å². The lowest BCUT2D eigenvalue weighted by molar-refractivity contribution is 0.475. The lowest BCUT2D eigenvalue weighted by Gasteiger charge is -2.03. The molecule has 0 spiro atoms. The smallest absolute Gasteiger partial charge is 0.155 e. The molecule has 0 saturated heterocycles. The molecule has 18 heavy (non-hydrogen) atoms. The minimum atomic E-state index is 0.119. The molecule has 0 saturated carbocycles. The summed E-state index contributed by atoms with van der Waals surface area (Å²) in [7, 11) is 0. The van der Waals surface area contributed by atoms with Gasteiger partial charge in [-0.1, -0.05) is 23.7 Å². The number of imidazole rings is 1. The highest BCUT2D eigenvalue weighted by Crippen LogP contribution is 2.32. The van der Waals surface area contributed by atoms with Crippen molar-refractivity contribution in [3.05, 3.63) is 47.7 Å². The van der Waals surface area contributed by atoms with Crippen LogP contribution in [0.2, 0.25) is 5.15 Å². The fourth-order valence-electron chi connectivity index (χ4n) is 1.89. The molecule has 0 atom stereocenters. The first-order valence-electron chi connectivity index (χ1n) is 5.32. The second kappa shape index (κ2) is 3.92. The first kappa shape index (κ1) is 10.9. The molecule has 2 N–H and O–H groups in total. The summed E-state index contributed by atoms with van der Waals surface area (Å²) >= 11 is 6.03. The van der Waals surface area contributed by atoms with Gasteiger partial charge in [0.15, 0.2) is 5.15 Å². The number of fused-ring (bicyclic) bond motifs is 1. The predicted molar refractivity (Wildman–Crippen MR) is 69.0 cm³/mol. The summed E-state index contributed by atoms with van der Waals surface area (Å²) in [5.74, 6) is 0.787. The van der Waals surface area contributed by atoms with Gasteiger partial charge < -0.3 is 10.2 Å². The van der Waals surface area contributed by atoms with Gasteiger partial charge in [-0.2, -0.15) is 0 Å². The van der Waals surface area contributed by atoms with Crippen LogP contribution in [0.25, 0.3) is 16.9 Å². The summed E-state index contributed by atoms with van der Waals surface area (Å²) in [4.78, 5) is 4.22. The van der Waals surface area contributed by atoms with Gasteiger partial charge in [0.25, 0.3) is 0 Å². The Morgan fingerprint density at radius 3 is 2.67 bits per heavy atom. The fourth-order valence-corrected chi connectivity index (χ4v) is 2.12. The van der Waals surface area contributed by atoms with Crippen molar-refractivity contribution >= 4 is 17.1 Å². The van der Waals surface area contributed by atoms with Crippen LogP contribution in [0.1, 0.15) is 0 Å². The van der Waals surface area contributed by atoms with E-state index in [-0.39, 0.29) is 16.7 Å². The maximum atomic E-state index is 9.84. The molecule has 0 aliphatic rings. The second-order valence-corrected chi connectivity index (χ2v) is 4.24. The summed E-state index contributed by atoms with van der Waals surface area (Å²) in [6, 6.07) is 9.96. The van der Waals surface area contributed by atoms with Crippen molar-refractivity contribution in [1.29, 1.82) is 0 Å². The number of rotatable bonds is 1. The van der Waals surface area contributed by atoms with Crippen LogP contribution in [0.5, 0.6) is 11.5 Å². The minimum Gasteiger partial charge on any atom is -0.508 e. The lowest BCUT2D eigenvalue weighted by atomic mass is 10.2. The Labute approximate surface area is 108 Å². The molecule has 2 heterocycles. The van der Waals surface area contributed by atoms with Crippen molar-refractivity contribution in [2.45, 2.75) is 0 Å². The largest absolute Gasteiger partial charge is 0.508 e. The molecule has 0 fully saturated rings. The first-order chi connectivity index (χ1) is 8.66. The SMILES string of the molecule is Oc1ccn2c(-c3ccccc3O)nc(Cl)c2c1. The number of aromatic nitrogens is 2. The molecule has 4 nitrogen and oxygen atoms in total. The van der Waals surface area contributed by atoms with Crippen LogP contribution in [-0.4, -0.2) is 19.6 Å². The van der Waals surface area contributed by atoms with E-state index < -0.39 is 0 Å². The van der Waals surface area contributed by atoms with E-state index in [4.69, 9.17) is 11.6 Å². The van der Waals surface area contributed by atoms with Gasteiger partial charge in [0.05, 0.1) is 11.1 Å². The van der Waals surface area contributed by atoms with E-state index in [1.54, 1.807) is 28.8 Å². The van der Waals surface area contributed by atoms with E-state index >= 15 is 0 Å². The third-order valence-corrected chi connectivity index (χ3v) is 3.01. The molecule has 3 rings (SSSR count). The van der Waals surface area contributed by atoms with Gasteiger partial charge >= 0.3 is 0 Å². The Morgan fingerprint density at radius 1 is 1.11 bits per heavy atom. The molecule has 0 bridgehead atoms. The van der Waals surface area contributed by atoms with Crippen molar-refractivity contribution in [2.24, 2.45) is 0 Å². The number of phenols is 1. The molecule has 0 amide bonds. The van der Waals surface area contributed by atoms with Crippen LogP contribution in [-0.2, 0) is 0 Å². The van der Waals surface area contributed by atoms with Gasteiger partial charge in [0.1, 0.15) is 17.3 Å². The summed E-state index contributed by atoms with van der Waals surface area (Å²) < 4.78 is 1.72. The maximum absolute atomic E-state index is 9.84. The van der Waals surface area contributed by atoms with Crippen LogP contribution in [0.15, 0.2) is 42.6 Å². The highest BCUT2D eigenvalue weighted by molar-refractivity contribution is 6.33. The number of para-hydroxylation sites is 1. The molecule has 0 radical (unpaired) electrons. The van der Waals surface area contributed by atoms with Gasteiger partial charge in [-0.05, 0) is 18.2 Å². The van der Waals surface area contributed by atoms with E-state index in [1.165, 1.54) is 12.1 Å². The van der Waals surface area contributed by atoms with Crippen molar-refractivity contribution in [3.8, 4) is 22.9 Å². The third kappa shape index (κ3) is 1.58. The van der Waals surface area contributed by atoms with E-state index in [0.717, 1.165) is 0 Å². The van der Waals surface area contributed by atoms with E-state index in [2.05, 4.69) is 4.98 Å². The summed E-state index contributed by atoms with van der Waals surface area (Å²) in [6.07, 6.45) is 1.66. The highest BCUT2D eigenvalue weighted by atomic mass is 35.5. The normalized spacial score (nSPS) is 10.9. The molecular formula is C13H9ClN2O2. The van der Waals surface area contributed by atoms with Gasteiger partial charge in [-0.15, -0.1) is 0 Å². The molecular weight excluding hydrogens is 252 g/mol. The fraction of sp³-hybridized carbons (Fsp3) is 0. The van der Waals surface area contributed by atoms with Crippen LogP contribution in [0.3, 0.4) is 0 Å². The number of nitrogens with zero attached hydrogens (tertiary/aromatic N) is 2. The Hall–Kier alpha value is -2.20. The zero-order valence-corrected chi connectivity index (χ0v) is 9.96. The van der Waals surface area contributed by atoms with Crippen LogP contribution in [0, 0.1) is 0 Å². The lowest BCUT2D eigenvalue weighted by Crippen LogP contribution is -1.88. The van der Waals surface area contributed by atoms with Gasteiger partial charge in [-0.3, -0.25) is 4.40 Å². The number of benzene rings is 1. The second-order valence-electron chi connectivity index (χ2n) is 3.88. The Balaban J connectivity index is 2.34. The number of hydrogen-bond donors (Lipinski definition) is 2. The number of hydrogen-bond acceptors (Lipinski definition) is 3. The molecule has 1 aromatic carbocycles. The topological polar surface area (TPSA) is 57.8 Å². The molecule has 2 aromatic heterocycles. The number of pyridine rings is 1. The number of halogens is 1. The Morgan fingerprint density at radius 2 is 1.89 bits per heavy atom. The van der Waals surface area contributed by atoms with Gasteiger partial charge in [0.2, 0.25) is 0 Å². The van der Waals surface area contributed by atoms with Crippen LogP contribution < -0.4 is 0 Å². The van der Waals surface area contributed by atoms with Gasteiger partial charge in [-0.25, -0.2) is 4.98 Å². The first-order valence-corrected chi connectivity index (χ1v) is 5.69. The zero-order chi connectivity index (χ0) is 12.7. The molecule has 5 heteroatoms. The summed E-state index contributed by atoms with van der Waals surface area (Å²) in [5, 5.41) is 19.6. The van der Waals surface area contributed by atoms with Crippen molar-refractivity contribution in [3.63, 3.8) is 0 Å². The standard InChI is InChI=1S/C13H9ClN2O2/c14-12-10-7-8(17)5-6-16(10)13(15-12)9-3-1-2-4-11(9)18/h1-7,17-18H. The summed E-state index contributed by atoms with van der Waals surface area (Å²) in [6.45, 7) is 0. The zero-order valence-electron chi connectivity index (χ0n) is 9.21. The maximum Gasteiger partial charge on any atom is 0.155 e. The van der Waals surface area contributed by atoms with E-state index in [0.29, 0.717) is 16.9 Å². The van der Waals surface area contributed by atoms with Crippen LogP contribution in [0.4, 0.5) is 0 Å². The molecule has 0 aliphatic heterocycles. The van der Waals surface area contributed by atoms with Crippen molar-refractivity contribution in [2.75, 3.05) is 0 Å². The van der Waals surface area contributed by atoms with Crippen LogP contribution >= 0.6 is 11.6 Å². The van der Waals surface area contributed by atoms with E-state index in [1.807, 2.05) is 6.07 Å². The third-order valence-electron chi connectivity index (χ3n) is 2.73. The monoisotopic (exact) mass is 260 g/mol. The average molecular weight is 261 g/mol. The average Bonchev–Trinajstić information content (AvgIpc) is 2.67. The highest BCUT2D eigenvalue weighted by Gasteiger charge is 2.14. The summed E-state index contributed by atoms with van der Waals surface area (Å²) in [5.41, 5.74) is 1.18.